The molecule has 0 aliphatic heterocycles. The first-order chi connectivity index (χ1) is 13.4. The maximum Gasteiger partial charge on any atom is 0.435 e. The summed E-state index contributed by atoms with van der Waals surface area (Å²) < 4.78 is 104. The van der Waals surface area contributed by atoms with Crippen LogP contribution in [-0.4, -0.2) is 24.7 Å². The Hall–Kier alpha value is -2.08. The molecule has 1 aromatic heterocycles. The number of sulfonamides is 1. The van der Waals surface area contributed by atoms with Crippen LogP contribution in [0.25, 0.3) is 0 Å². The highest BCUT2D eigenvalue weighted by atomic mass is 32.2. The minimum absolute atomic E-state index is 0.0117. The second kappa shape index (κ2) is 7.63. The van der Waals surface area contributed by atoms with Crippen molar-refractivity contribution in [3.63, 3.8) is 0 Å². The molecular weight excluding hydrogens is 424 g/mol. The molecule has 0 bridgehead atoms. The molecule has 12 heteroatoms. The summed E-state index contributed by atoms with van der Waals surface area (Å²) in [5.74, 6) is -0.560. The second-order valence-corrected chi connectivity index (χ2v) is 8.60. The van der Waals surface area contributed by atoms with E-state index in [4.69, 9.17) is 0 Å². The van der Waals surface area contributed by atoms with Crippen molar-refractivity contribution in [2.75, 3.05) is 6.54 Å². The van der Waals surface area contributed by atoms with Crippen LogP contribution in [0.4, 0.5) is 26.3 Å². The molecule has 1 saturated carbocycles. The third-order valence-corrected chi connectivity index (χ3v) is 5.74. The molecule has 5 nitrogen and oxygen atoms in total. The van der Waals surface area contributed by atoms with Gasteiger partial charge in [0.1, 0.15) is 0 Å². The summed E-state index contributed by atoms with van der Waals surface area (Å²) in [4.78, 5) is 0. The number of alkyl halides is 6. The average molecular weight is 441 g/mol. The fourth-order valence-electron chi connectivity index (χ4n) is 2.82. The highest BCUT2D eigenvalue weighted by molar-refractivity contribution is 7.88. The molecule has 0 amide bonds. The summed E-state index contributed by atoms with van der Waals surface area (Å²) in [5, 5.41) is 3.53. The maximum atomic E-state index is 12.9. The Kier molecular flexibility index (Phi) is 5.69. The van der Waals surface area contributed by atoms with Crippen molar-refractivity contribution in [1.82, 2.24) is 14.5 Å². The standard InChI is InChI=1S/C17H17F6N3O2S/c18-16(19,20)13-5-1-11(2-6-13)10-29(27,28)24-7-8-26-14(12-3-4-12)9-15(25-26)17(21,22)23/h1-2,5-6,9,12,24H,3-4,7-8,10H2. The van der Waals surface area contributed by atoms with E-state index in [-0.39, 0.29) is 24.6 Å². The van der Waals surface area contributed by atoms with Gasteiger partial charge in [0, 0.05) is 18.2 Å². The number of hydrogen-bond acceptors (Lipinski definition) is 3. The summed E-state index contributed by atoms with van der Waals surface area (Å²) >= 11 is 0. The average Bonchev–Trinajstić information content (AvgIpc) is 3.33. The van der Waals surface area contributed by atoms with Crippen molar-refractivity contribution in [2.45, 2.75) is 43.4 Å². The number of benzene rings is 1. The van der Waals surface area contributed by atoms with Gasteiger partial charge in [-0.05, 0) is 36.6 Å². The van der Waals surface area contributed by atoms with Gasteiger partial charge in [0.2, 0.25) is 10.0 Å². The van der Waals surface area contributed by atoms with Gasteiger partial charge in [0.25, 0.3) is 0 Å². The van der Waals surface area contributed by atoms with Gasteiger partial charge in [-0.3, -0.25) is 4.68 Å². The summed E-state index contributed by atoms with van der Waals surface area (Å²) in [5.41, 5.74) is -1.34. The summed E-state index contributed by atoms with van der Waals surface area (Å²) in [6, 6.07) is 4.69. The van der Waals surface area contributed by atoms with Crippen LogP contribution in [0.3, 0.4) is 0 Å². The molecule has 2 aromatic rings. The predicted octanol–water partition coefficient (Wildman–Crippen LogP) is 3.92. The number of hydrogen-bond donors (Lipinski definition) is 1. The van der Waals surface area contributed by atoms with Crippen LogP contribution >= 0.6 is 0 Å². The molecule has 3 rings (SSSR count). The number of aromatic nitrogens is 2. The van der Waals surface area contributed by atoms with Crippen LogP contribution in [0.2, 0.25) is 0 Å². The lowest BCUT2D eigenvalue weighted by Gasteiger charge is -2.10. The van der Waals surface area contributed by atoms with Crippen molar-refractivity contribution in [2.24, 2.45) is 0 Å². The van der Waals surface area contributed by atoms with Crippen molar-refractivity contribution in [1.29, 1.82) is 0 Å². The van der Waals surface area contributed by atoms with Crippen molar-refractivity contribution in [3.05, 3.63) is 52.8 Å². The molecule has 1 aromatic carbocycles. The molecule has 1 aliphatic rings. The van der Waals surface area contributed by atoms with Gasteiger partial charge in [-0.2, -0.15) is 31.4 Å². The van der Waals surface area contributed by atoms with E-state index in [0.717, 1.165) is 47.9 Å². The lowest BCUT2D eigenvalue weighted by molar-refractivity contribution is -0.141. The Morgan fingerprint density at radius 2 is 1.66 bits per heavy atom. The van der Waals surface area contributed by atoms with E-state index < -0.39 is 39.4 Å². The molecule has 1 fully saturated rings. The lowest BCUT2D eigenvalue weighted by Crippen LogP contribution is -2.29. The van der Waals surface area contributed by atoms with Crippen LogP contribution in [-0.2, 0) is 34.7 Å². The molecule has 0 unspecified atom stereocenters. The Morgan fingerprint density at radius 3 is 2.17 bits per heavy atom. The first-order valence-corrected chi connectivity index (χ1v) is 10.3. The fraction of sp³-hybridized carbons (Fsp3) is 0.471. The van der Waals surface area contributed by atoms with Crippen molar-refractivity contribution in [3.8, 4) is 0 Å². The molecule has 0 spiro atoms. The SMILES string of the molecule is O=S(=O)(Cc1ccc(C(F)(F)F)cc1)NCCn1nc(C(F)(F)F)cc1C1CC1. The maximum absolute atomic E-state index is 12.9. The van der Waals surface area contributed by atoms with Crippen LogP contribution in [0.15, 0.2) is 30.3 Å². The van der Waals surface area contributed by atoms with Gasteiger partial charge in [-0.15, -0.1) is 0 Å². The first-order valence-electron chi connectivity index (χ1n) is 8.63. The Bertz CT molecular complexity index is 961. The van der Waals surface area contributed by atoms with Crippen LogP contribution in [0.1, 0.15) is 41.3 Å². The third-order valence-electron chi connectivity index (χ3n) is 4.38. The van der Waals surface area contributed by atoms with E-state index in [1.807, 2.05) is 0 Å². The Morgan fingerprint density at radius 1 is 1.03 bits per heavy atom. The number of nitrogens with one attached hydrogen (secondary N) is 1. The van der Waals surface area contributed by atoms with Gasteiger partial charge in [-0.25, -0.2) is 13.1 Å². The minimum Gasteiger partial charge on any atom is -0.267 e. The highest BCUT2D eigenvalue weighted by Gasteiger charge is 2.37. The second-order valence-electron chi connectivity index (χ2n) is 6.80. The van der Waals surface area contributed by atoms with Crippen LogP contribution < -0.4 is 4.72 Å². The topological polar surface area (TPSA) is 64.0 Å². The highest BCUT2D eigenvalue weighted by Crippen LogP contribution is 2.42. The molecule has 1 heterocycles. The van der Waals surface area contributed by atoms with Gasteiger partial charge < -0.3 is 0 Å². The zero-order valence-corrected chi connectivity index (χ0v) is 15.7. The van der Waals surface area contributed by atoms with E-state index in [2.05, 4.69) is 9.82 Å². The summed E-state index contributed by atoms with van der Waals surface area (Å²) in [7, 11) is -3.89. The number of rotatable bonds is 7. The Balaban J connectivity index is 1.60. The number of nitrogens with zero attached hydrogens (tertiary/aromatic N) is 2. The third kappa shape index (κ3) is 5.72. The molecule has 0 radical (unpaired) electrons. The van der Waals surface area contributed by atoms with Crippen molar-refractivity contribution >= 4 is 10.0 Å². The molecule has 160 valence electrons. The monoisotopic (exact) mass is 441 g/mol. The minimum atomic E-state index is -4.59. The zero-order valence-electron chi connectivity index (χ0n) is 14.9. The van der Waals surface area contributed by atoms with Crippen molar-refractivity contribution < 1.29 is 34.8 Å². The zero-order chi connectivity index (χ0) is 21.4. The number of halogens is 6. The first kappa shape index (κ1) is 21.6. The van der Waals surface area contributed by atoms with E-state index in [9.17, 15) is 34.8 Å². The molecule has 1 N–H and O–H groups in total. The molecule has 1 aliphatic carbocycles. The van der Waals surface area contributed by atoms with E-state index in [1.54, 1.807) is 0 Å². The smallest absolute Gasteiger partial charge is 0.267 e. The molecule has 0 saturated heterocycles. The van der Waals surface area contributed by atoms with Gasteiger partial charge in [0.15, 0.2) is 5.69 Å². The quantitative estimate of drug-likeness (QED) is 0.663. The lowest BCUT2D eigenvalue weighted by atomic mass is 10.1. The van der Waals surface area contributed by atoms with Gasteiger partial charge in [0.05, 0.1) is 17.9 Å². The fourth-order valence-corrected chi connectivity index (χ4v) is 3.96. The normalized spacial score (nSPS) is 15.7. The molecule has 29 heavy (non-hydrogen) atoms. The largest absolute Gasteiger partial charge is 0.435 e. The van der Waals surface area contributed by atoms with Gasteiger partial charge >= 0.3 is 12.4 Å². The summed E-state index contributed by atoms with van der Waals surface area (Å²) in [6.45, 7) is -0.282. The summed E-state index contributed by atoms with van der Waals surface area (Å²) in [6.07, 6.45) is -7.60. The molecular formula is C17H17F6N3O2S. The predicted molar refractivity (Wildman–Crippen MR) is 91.3 cm³/mol. The van der Waals surface area contributed by atoms with Gasteiger partial charge in [-0.1, -0.05) is 12.1 Å². The molecule has 0 atom stereocenters. The Labute approximate surface area is 162 Å². The van der Waals surface area contributed by atoms with E-state index in [1.165, 1.54) is 0 Å². The van der Waals surface area contributed by atoms with Crippen LogP contribution in [0, 0.1) is 0 Å². The van der Waals surface area contributed by atoms with Crippen LogP contribution in [0.5, 0.6) is 0 Å². The van der Waals surface area contributed by atoms with E-state index in [0.29, 0.717) is 5.69 Å². The van der Waals surface area contributed by atoms with E-state index >= 15 is 0 Å².